The van der Waals surface area contributed by atoms with E-state index >= 15 is 0 Å². The van der Waals surface area contributed by atoms with Gasteiger partial charge in [0.1, 0.15) is 22.2 Å². The lowest BCUT2D eigenvalue weighted by atomic mass is 10.3. The van der Waals surface area contributed by atoms with Crippen LogP contribution in [0.25, 0.3) is 11.5 Å². The van der Waals surface area contributed by atoms with Crippen LogP contribution in [0, 0.1) is 11.6 Å². The predicted molar refractivity (Wildman–Crippen MR) is 87.7 cm³/mol. The zero-order valence-corrected chi connectivity index (χ0v) is 14.0. The first kappa shape index (κ1) is 18.0. The first-order chi connectivity index (χ1) is 12.4. The molecule has 3 rings (SSSR count). The Labute approximate surface area is 146 Å². The Morgan fingerprint density at radius 3 is 2.69 bits per heavy atom. The number of hydrogen-bond donors (Lipinski definition) is 1. The average molecular weight is 381 g/mol. The highest BCUT2D eigenvalue weighted by Gasteiger charge is 2.19. The van der Waals surface area contributed by atoms with E-state index < -0.39 is 32.1 Å². The summed E-state index contributed by atoms with van der Waals surface area (Å²) >= 11 is 0. The van der Waals surface area contributed by atoms with Gasteiger partial charge < -0.3 is 4.42 Å². The molecule has 1 N–H and O–H groups in total. The Morgan fingerprint density at radius 1 is 1.15 bits per heavy atom. The molecular weight excluding hydrogens is 368 g/mol. The summed E-state index contributed by atoms with van der Waals surface area (Å²) in [5.41, 5.74) is -0.0509. The van der Waals surface area contributed by atoms with Crippen molar-refractivity contribution in [3.05, 3.63) is 70.7 Å². The van der Waals surface area contributed by atoms with E-state index in [1.54, 1.807) is 12.1 Å². The van der Waals surface area contributed by atoms with Gasteiger partial charge in [-0.15, -0.1) is 0 Å². The molecular formula is C16H13F2N3O4S. The Kier molecular flexibility index (Phi) is 4.96. The maximum Gasteiger partial charge on any atom is 0.266 e. The number of sulfonamides is 1. The molecule has 3 aromatic rings. The van der Waals surface area contributed by atoms with Gasteiger partial charge in [0, 0.05) is 12.6 Å². The standard InChI is InChI=1S/C16H13F2N3O4S/c17-11-3-4-12(18)15(10-11)26(23,24)19-7-8-21-16(22)6-5-13(20-21)14-2-1-9-25-14/h1-6,9-10,19H,7-8H2. The smallest absolute Gasteiger partial charge is 0.266 e. The fourth-order valence-corrected chi connectivity index (χ4v) is 3.32. The number of halogens is 2. The van der Waals surface area contributed by atoms with E-state index in [2.05, 4.69) is 9.82 Å². The van der Waals surface area contributed by atoms with E-state index in [4.69, 9.17) is 4.42 Å². The van der Waals surface area contributed by atoms with Gasteiger partial charge >= 0.3 is 0 Å². The number of hydrogen-bond acceptors (Lipinski definition) is 5. The lowest BCUT2D eigenvalue weighted by Crippen LogP contribution is -2.32. The van der Waals surface area contributed by atoms with Gasteiger partial charge in [0.15, 0.2) is 5.76 Å². The molecule has 0 fully saturated rings. The van der Waals surface area contributed by atoms with Crippen LogP contribution in [0.4, 0.5) is 8.78 Å². The van der Waals surface area contributed by atoms with Crippen LogP contribution in [0.3, 0.4) is 0 Å². The molecule has 0 saturated carbocycles. The van der Waals surface area contributed by atoms with Crippen LogP contribution in [-0.4, -0.2) is 24.7 Å². The number of aromatic nitrogens is 2. The molecule has 0 aliphatic carbocycles. The first-order valence-corrected chi connectivity index (χ1v) is 8.92. The maximum atomic E-state index is 13.6. The van der Waals surface area contributed by atoms with Crippen LogP contribution in [0.1, 0.15) is 0 Å². The summed E-state index contributed by atoms with van der Waals surface area (Å²) in [6.07, 6.45) is 1.45. The van der Waals surface area contributed by atoms with Gasteiger partial charge in [-0.3, -0.25) is 4.79 Å². The van der Waals surface area contributed by atoms with E-state index in [-0.39, 0.29) is 13.1 Å². The van der Waals surface area contributed by atoms with Crippen molar-refractivity contribution in [1.29, 1.82) is 0 Å². The number of furan rings is 1. The fraction of sp³-hybridized carbons (Fsp3) is 0.125. The minimum atomic E-state index is -4.28. The highest BCUT2D eigenvalue weighted by molar-refractivity contribution is 7.89. The molecule has 0 atom stereocenters. The van der Waals surface area contributed by atoms with Crippen LogP contribution >= 0.6 is 0 Å². The van der Waals surface area contributed by atoms with Crippen molar-refractivity contribution in [2.45, 2.75) is 11.4 Å². The van der Waals surface area contributed by atoms with Crippen LogP contribution in [-0.2, 0) is 16.6 Å². The minimum Gasteiger partial charge on any atom is -0.463 e. The number of rotatable bonds is 6. The molecule has 0 aliphatic rings. The highest BCUT2D eigenvalue weighted by Crippen LogP contribution is 2.16. The number of benzene rings is 1. The van der Waals surface area contributed by atoms with Gasteiger partial charge in [-0.05, 0) is 36.4 Å². The quantitative estimate of drug-likeness (QED) is 0.702. The van der Waals surface area contributed by atoms with Gasteiger partial charge in [0.25, 0.3) is 5.56 Å². The van der Waals surface area contributed by atoms with Gasteiger partial charge in [0.2, 0.25) is 10.0 Å². The molecule has 26 heavy (non-hydrogen) atoms. The Balaban J connectivity index is 1.74. The summed E-state index contributed by atoms with van der Waals surface area (Å²) < 4.78 is 59.3. The molecule has 2 aromatic heterocycles. The maximum absolute atomic E-state index is 13.6. The van der Waals surface area contributed by atoms with Crippen molar-refractivity contribution in [2.75, 3.05) is 6.54 Å². The van der Waals surface area contributed by atoms with E-state index in [0.717, 1.165) is 16.8 Å². The van der Waals surface area contributed by atoms with Crippen molar-refractivity contribution in [2.24, 2.45) is 0 Å². The van der Waals surface area contributed by atoms with Gasteiger partial charge in [-0.1, -0.05) is 0 Å². The third-order valence-corrected chi connectivity index (χ3v) is 4.91. The topological polar surface area (TPSA) is 94.2 Å². The highest BCUT2D eigenvalue weighted by atomic mass is 32.2. The number of nitrogens with one attached hydrogen (secondary N) is 1. The molecule has 0 amide bonds. The zero-order chi connectivity index (χ0) is 18.7. The van der Waals surface area contributed by atoms with Crippen molar-refractivity contribution < 1.29 is 21.6 Å². The van der Waals surface area contributed by atoms with Crippen molar-refractivity contribution >= 4 is 10.0 Å². The molecule has 7 nitrogen and oxygen atoms in total. The monoisotopic (exact) mass is 381 g/mol. The van der Waals surface area contributed by atoms with Crippen molar-refractivity contribution in [1.82, 2.24) is 14.5 Å². The third kappa shape index (κ3) is 3.86. The van der Waals surface area contributed by atoms with Crippen molar-refractivity contribution in [3.63, 3.8) is 0 Å². The Morgan fingerprint density at radius 2 is 1.96 bits per heavy atom. The molecule has 2 heterocycles. The SMILES string of the molecule is O=c1ccc(-c2ccco2)nn1CCNS(=O)(=O)c1cc(F)ccc1F. The molecule has 0 aliphatic heterocycles. The molecule has 0 unspecified atom stereocenters. The molecule has 0 spiro atoms. The summed E-state index contributed by atoms with van der Waals surface area (Å²) in [5, 5.41) is 4.08. The molecule has 0 bridgehead atoms. The van der Waals surface area contributed by atoms with Gasteiger partial charge in [-0.2, -0.15) is 5.10 Å². The van der Waals surface area contributed by atoms with Crippen LogP contribution in [0.2, 0.25) is 0 Å². The van der Waals surface area contributed by atoms with E-state index in [1.807, 2.05) is 0 Å². The zero-order valence-electron chi connectivity index (χ0n) is 13.2. The van der Waals surface area contributed by atoms with Crippen molar-refractivity contribution in [3.8, 4) is 11.5 Å². The van der Waals surface area contributed by atoms with Gasteiger partial charge in [0.05, 0.1) is 12.8 Å². The van der Waals surface area contributed by atoms with Crippen LogP contribution in [0.15, 0.2) is 62.8 Å². The lowest BCUT2D eigenvalue weighted by Gasteiger charge is -2.09. The summed E-state index contributed by atoms with van der Waals surface area (Å²) in [4.78, 5) is 11.0. The van der Waals surface area contributed by atoms with E-state index in [1.165, 1.54) is 18.4 Å². The fourth-order valence-electron chi connectivity index (χ4n) is 2.21. The number of nitrogens with zero attached hydrogens (tertiary/aromatic N) is 2. The second-order valence-corrected chi connectivity index (χ2v) is 6.97. The minimum absolute atomic E-state index is 0.108. The van der Waals surface area contributed by atoms with Crippen LogP contribution < -0.4 is 10.3 Å². The van der Waals surface area contributed by atoms with E-state index in [0.29, 0.717) is 17.5 Å². The molecule has 0 radical (unpaired) electrons. The Hall–Kier alpha value is -2.85. The summed E-state index contributed by atoms with van der Waals surface area (Å²) in [6, 6.07) is 8.19. The molecule has 10 heteroatoms. The van der Waals surface area contributed by atoms with Crippen LogP contribution in [0.5, 0.6) is 0 Å². The van der Waals surface area contributed by atoms with Gasteiger partial charge in [-0.25, -0.2) is 26.6 Å². The second kappa shape index (κ2) is 7.18. The molecule has 0 saturated heterocycles. The summed E-state index contributed by atoms with van der Waals surface area (Å²) in [6.45, 7) is -0.351. The molecule has 136 valence electrons. The lowest BCUT2D eigenvalue weighted by molar-refractivity contribution is 0.529. The largest absolute Gasteiger partial charge is 0.463 e. The molecule has 1 aromatic carbocycles. The average Bonchev–Trinajstić information content (AvgIpc) is 3.13. The second-order valence-electron chi connectivity index (χ2n) is 5.23. The van der Waals surface area contributed by atoms with E-state index in [9.17, 15) is 22.0 Å². The predicted octanol–water partition coefficient (Wildman–Crippen LogP) is 1.76. The third-order valence-electron chi connectivity index (χ3n) is 3.44. The normalized spacial score (nSPS) is 11.6. The summed E-state index contributed by atoms with van der Waals surface area (Å²) in [7, 11) is -4.28. The Bertz CT molecular complexity index is 1080. The first-order valence-electron chi connectivity index (χ1n) is 7.43. The summed E-state index contributed by atoms with van der Waals surface area (Å²) in [5.74, 6) is -1.51.